The van der Waals surface area contributed by atoms with E-state index < -0.39 is 5.72 Å². The van der Waals surface area contributed by atoms with Gasteiger partial charge in [-0.1, -0.05) is 15.9 Å². The predicted octanol–water partition coefficient (Wildman–Crippen LogP) is 1.02. The van der Waals surface area contributed by atoms with Crippen molar-refractivity contribution in [1.82, 2.24) is 0 Å². The van der Waals surface area contributed by atoms with Gasteiger partial charge in [-0.15, -0.1) is 0 Å². The topological polar surface area (TPSA) is 35.7 Å². The molecule has 2 aromatic rings. The second-order valence-corrected chi connectivity index (χ2v) is 8.47. The van der Waals surface area contributed by atoms with Crippen LogP contribution in [-0.4, -0.2) is 40.3 Å². The Balaban J connectivity index is 0.00000210. The summed E-state index contributed by atoms with van der Waals surface area (Å²) in [5, 5.41) is 12.9. The highest BCUT2D eigenvalue weighted by Crippen LogP contribution is 2.40. The molecule has 0 aromatic heterocycles. The molecule has 1 atom stereocenters. The van der Waals surface area contributed by atoms with Crippen molar-refractivity contribution in [2.45, 2.75) is 19.1 Å². The van der Waals surface area contributed by atoms with E-state index in [4.69, 9.17) is 4.74 Å². The normalized spacial score (nSPS) is 21.7. The molecule has 2 aliphatic rings. The molecule has 4 nitrogen and oxygen atoms in total. The maximum Gasteiger partial charge on any atom is 0.316 e. The fourth-order valence-corrected chi connectivity index (χ4v) is 5.02. The minimum absolute atomic E-state index is 0. The van der Waals surface area contributed by atoms with Gasteiger partial charge >= 0.3 is 5.17 Å². The van der Waals surface area contributed by atoms with E-state index in [0.717, 1.165) is 45.4 Å². The van der Waals surface area contributed by atoms with Crippen molar-refractivity contribution >= 4 is 38.5 Å². The number of amidine groups is 1. The minimum Gasteiger partial charge on any atom is -1.00 e. The molecule has 0 spiro atoms. The Morgan fingerprint density at radius 2 is 1.89 bits per heavy atom. The van der Waals surface area contributed by atoms with Crippen LogP contribution < -0.4 is 26.6 Å². The lowest BCUT2D eigenvalue weighted by atomic mass is 10.0. The number of anilines is 1. The highest BCUT2D eigenvalue weighted by atomic mass is 79.9. The van der Waals surface area contributed by atoms with Crippen LogP contribution in [0.4, 0.5) is 5.69 Å². The lowest BCUT2D eigenvalue weighted by Crippen LogP contribution is -3.00. The van der Waals surface area contributed by atoms with Crippen LogP contribution in [0.1, 0.15) is 18.9 Å². The van der Waals surface area contributed by atoms with Gasteiger partial charge in [0.05, 0.1) is 13.2 Å². The maximum atomic E-state index is 11.8. The van der Waals surface area contributed by atoms with Crippen LogP contribution in [0.3, 0.4) is 0 Å². The molecule has 0 amide bonds. The van der Waals surface area contributed by atoms with E-state index in [2.05, 4.69) is 37.5 Å². The molecule has 0 radical (unpaired) electrons. The number of hydrogen-bond donors (Lipinski definition) is 1. The zero-order valence-corrected chi connectivity index (χ0v) is 19.1. The van der Waals surface area contributed by atoms with E-state index in [9.17, 15) is 5.11 Å². The summed E-state index contributed by atoms with van der Waals surface area (Å²) in [5.74, 6) is 1.91. The molecule has 27 heavy (non-hydrogen) atoms. The Morgan fingerprint density at radius 3 is 2.56 bits per heavy atom. The van der Waals surface area contributed by atoms with E-state index in [-0.39, 0.29) is 17.0 Å². The highest BCUT2D eigenvalue weighted by molar-refractivity contribution is 9.10. The molecule has 7 heteroatoms. The summed E-state index contributed by atoms with van der Waals surface area (Å²) in [6.07, 6.45) is 1.14. The monoisotopic (exact) mass is 512 g/mol. The van der Waals surface area contributed by atoms with Gasteiger partial charge in [0, 0.05) is 15.8 Å². The lowest BCUT2D eigenvalue weighted by molar-refractivity contribution is -0.532. The predicted molar refractivity (Wildman–Crippen MR) is 110 cm³/mol. The van der Waals surface area contributed by atoms with Crippen molar-refractivity contribution in [3.8, 4) is 5.75 Å². The molecule has 1 N–H and O–H groups in total. The molecule has 0 saturated heterocycles. The van der Waals surface area contributed by atoms with Gasteiger partial charge in [0.2, 0.25) is 0 Å². The summed E-state index contributed by atoms with van der Waals surface area (Å²) >= 11 is 5.32. The van der Waals surface area contributed by atoms with Gasteiger partial charge in [-0.05, 0) is 73.6 Å². The molecule has 4 rings (SSSR count). The van der Waals surface area contributed by atoms with Crippen LogP contribution in [0.15, 0.2) is 53.0 Å². The molecule has 1 unspecified atom stereocenters. The summed E-state index contributed by atoms with van der Waals surface area (Å²) in [6.45, 7) is 4.16. The number of ether oxygens (including phenoxy) is 1. The summed E-state index contributed by atoms with van der Waals surface area (Å²) in [4.78, 5) is 2.08. The van der Waals surface area contributed by atoms with Crippen LogP contribution in [0.2, 0.25) is 0 Å². The third kappa shape index (κ3) is 3.92. The second kappa shape index (κ2) is 8.55. The van der Waals surface area contributed by atoms with Crippen molar-refractivity contribution in [2.24, 2.45) is 0 Å². The molecule has 2 heterocycles. The highest BCUT2D eigenvalue weighted by Gasteiger charge is 2.55. The number of halogens is 2. The molecule has 0 saturated carbocycles. The van der Waals surface area contributed by atoms with Gasteiger partial charge in [-0.3, -0.25) is 0 Å². The minimum atomic E-state index is -1.09. The standard InChI is InChI=1S/C20H22BrN2O2S.BrH/c1-2-25-18-10-4-15(5-11-18)20(24)14-22-12-3-13-26-19(22)23(20)17-8-6-16(21)7-9-17;/h4-11,24H,2-3,12-14H2,1H3;1H/q+1;/p-1. The van der Waals surface area contributed by atoms with Gasteiger partial charge in [0.15, 0.2) is 6.54 Å². The van der Waals surface area contributed by atoms with E-state index in [1.165, 1.54) is 0 Å². The molecular formula is C20H22Br2N2O2S. The second-order valence-electron chi connectivity index (χ2n) is 6.49. The summed E-state index contributed by atoms with van der Waals surface area (Å²) in [7, 11) is 0. The molecule has 2 aliphatic heterocycles. The fourth-order valence-electron chi connectivity index (χ4n) is 3.57. The number of rotatable bonds is 4. The number of benzene rings is 2. The Hall–Kier alpha value is -1.02. The zero-order valence-electron chi connectivity index (χ0n) is 15.1. The maximum absolute atomic E-state index is 11.8. The molecule has 2 aromatic carbocycles. The quantitative estimate of drug-likeness (QED) is 0.619. The third-order valence-electron chi connectivity index (χ3n) is 4.76. The summed E-state index contributed by atoms with van der Waals surface area (Å²) in [6, 6.07) is 16.0. The van der Waals surface area contributed by atoms with Gasteiger partial charge in [-0.2, -0.15) is 4.90 Å². The molecule has 144 valence electrons. The third-order valence-corrected chi connectivity index (χ3v) is 6.48. The largest absolute Gasteiger partial charge is 1.00 e. The van der Waals surface area contributed by atoms with Gasteiger partial charge in [0.25, 0.3) is 5.72 Å². The Kier molecular flexibility index (Phi) is 6.56. The number of thioether (sulfide) groups is 1. The van der Waals surface area contributed by atoms with Crippen LogP contribution in [0.25, 0.3) is 0 Å². The summed E-state index contributed by atoms with van der Waals surface area (Å²) < 4.78 is 8.88. The smallest absolute Gasteiger partial charge is 0.316 e. The number of hydrogen-bond acceptors (Lipinski definition) is 4. The average Bonchev–Trinajstić information content (AvgIpc) is 2.96. The lowest BCUT2D eigenvalue weighted by Gasteiger charge is -2.28. The van der Waals surface area contributed by atoms with Crippen molar-refractivity contribution < 1.29 is 31.4 Å². The fraction of sp³-hybridized carbons (Fsp3) is 0.350. The van der Waals surface area contributed by atoms with Gasteiger partial charge in [0.1, 0.15) is 11.4 Å². The Bertz CT molecular complexity index is 827. The van der Waals surface area contributed by atoms with Crippen molar-refractivity contribution in [1.29, 1.82) is 0 Å². The number of nitrogens with zero attached hydrogens (tertiary/aromatic N) is 2. The Labute approximate surface area is 183 Å². The summed E-state index contributed by atoms with van der Waals surface area (Å²) in [5.41, 5.74) is 0.786. The first-order valence-electron chi connectivity index (χ1n) is 8.88. The van der Waals surface area contributed by atoms with E-state index in [1.807, 2.05) is 55.1 Å². The Morgan fingerprint density at radius 1 is 1.19 bits per heavy atom. The first-order valence-corrected chi connectivity index (χ1v) is 10.7. The molecular weight excluding hydrogens is 492 g/mol. The first-order chi connectivity index (χ1) is 12.6. The van der Waals surface area contributed by atoms with Crippen LogP contribution in [0.5, 0.6) is 5.75 Å². The van der Waals surface area contributed by atoms with Crippen LogP contribution in [0, 0.1) is 0 Å². The van der Waals surface area contributed by atoms with Gasteiger partial charge in [-0.25, -0.2) is 4.58 Å². The van der Waals surface area contributed by atoms with Crippen molar-refractivity contribution in [2.75, 3.05) is 30.3 Å². The molecule has 0 fully saturated rings. The van der Waals surface area contributed by atoms with E-state index >= 15 is 0 Å². The zero-order chi connectivity index (χ0) is 18.1. The van der Waals surface area contributed by atoms with Crippen molar-refractivity contribution in [3.05, 3.63) is 58.6 Å². The van der Waals surface area contributed by atoms with Gasteiger partial charge < -0.3 is 26.8 Å². The number of aliphatic hydroxyl groups is 1. The van der Waals surface area contributed by atoms with Crippen LogP contribution in [-0.2, 0) is 5.72 Å². The van der Waals surface area contributed by atoms with Crippen LogP contribution >= 0.6 is 27.7 Å². The van der Waals surface area contributed by atoms with E-state index in [0.29, 0.717) is 13.2 Å². The first kappa shape index (κ1) is 20.7. The van der Waals surface area contributed by atoms with Crippen molar-refractivity contribution in [3.63, 3.8) is 0 Å². The molecule has 0 aliphatic carbocycles. The molecule has 0 bridgehead atoms. The SMILES string of the molecule is CCOc1ccc(C2(O)C[N+]3=C(SCCC3)N2c2ccc(Br)cc2)cc1.[Br-]. The average molecular weight is 514 g/mol. The van der Waals surface area contributed by atoms with E-state index in [1.54, 1.807) is 0 Å².